The van der Waals surface area contributed by atoms with E-state index in [0.717, 1.165) is 0 Å². The summed E-state index contributed by atoms with van der Waals surface area (Å²) in [5, 5.41) is 11.2. The monoisotopic (exact) mass is 278 g/mol. The first-order chi connectivity index (χ1) is 9.57. The molecule has 1 aromatic rings. The predicted molar refractivity (Wildman–Crippen MR) is 78.9 cm³/mol. The van der Waals surface area contributed by atoms with E-state index in [9.17, 15) is 0 Å². The lowest BCUT2D eigenvalue weighted by atomic mass is 10.2. The minimum atomic E-state index is 0.476. The molecule has 1 rings (SSSR count). The molecule has 0 unspecified atom stereocenters. The number of benzene rings is 1. The molecular formula is C13H20N5O2+. The Kier molecular flexibility index (Phi) is 5.52. The van der Waals surface area contributed by atoms with Gasteiger partial charge in [-0.1, -0.05) is 11.7 Å². The molecule has 0 aliphatic carbocycles. The molecule has 0 aliphatic rings. The largest absolute Gasteiger partial charge is 0.495 e. The summed E-state index contributed by atoms with van der Waals surface area (Å²) < 4.78 is 12.1. The zero-order valence-corrected chi connectivity index (χ0v) is 12.2. The standard InChI is InChI=1S/C13H19N5O2/c1-6-18(3)13(15-2)17-16-10-8-11(19-4)9(14)7-12(10)20-5/h6-8H,1H2,2-5H3,(H2,14,15,17)/p+1. The molecule has 0 aliphatic heterocycles. The predicted octanol–water partition coefficient (Wildman–Crippen LogP) is 1.73. The number of hydrogen-bond donors (Lipinski definition) is 2. The quantitative estimate of drug-likeness (QED) is 0.289. The number of ether oxygens (including phenoxy) is 2. The summed E-state index contributed by atoms with van der Waals surface area (Å²) in [7, 11) is 6.63. The van der Waals surface area contributed by atoms with Crippen molar-refractivity contribution in [3.63, 3.8) is 0 Å². The van der Waals surface area contributed by atoms with Gasteiger partial charge in [-0.05, 0) is 0 Å². The first kappa shape index (κ1) is 15.5. The SMILES string of the molecule is C=C[N+](C)=C(N=Nc1cc(OC)c(N)cc1OC)NC. The summed E-state index contributed by atoms with van der Waals surface area (Å²) >= 11 is 0. The Morgan fingerprint density at radius 1 is 1.35 bits per heavy atom. The van der Waals surface area contributed by atoms with Crippen LogP contribution in [0, 0.1) is 0 Å². The Bertz CT molecular complexity index is 552. The van der Waals surface area contributed by atoms with E-state index in [-0.39, 0.29) is 0 Å². The Hall–Kier alpha value is -2.57. The van der Waals surface area contributed by atoms with Gasteiger partial charge in [0.25, 0.3) is 0 Å². The van der Waals surface area contributed by atoms with Gasteiger partial charge in [0.1, 0.15) is 17.2 Å². The first-order valence-corrected chi connectivity index (χ1v) is 5.90. The minimum Gasteiger partial charge on any atom is -0.495 e. The number of nitrogens with one attached hydrogen (secondary N) is 1. The van der Waals surface area contributed by atoms with Crippen LogP contribution < -0.4 is 20.5 Å². The van der Waals surface area contributed by atoms with Crippen molar-refractivity contribution < 1.29 is 14.0 Å². The molecule has 1 aromatic carbocycles. The van der Waals surface area contributed by atoms with Crippen molar-refractivity contribution in [2.75, 3.05) is 34.0 Å². The zero-order valence-electron chi connectivity index (χ0n) is 12.2. The average Bonchev–Trinajstić information content (AvgIpc) is 2.48. The second-order valence-corrected chi connectivity index (χ2v) is 3.83. The summed E-state index contributed by atoms with van der Waals surface area (Å²) in [4.78, 5) is 0. The molecule has 0 bridgehead atoms. The minimum absolute atomic E-state index is 0.476. The van der Waals surface area contributed by atoms with Gasteiger partial charge in [0.2, 0.25) is 0 Å². The van der Waals surface area contributed by atoms with Crippen LogP contribution in [-0.4, -0.2) is 38.9 Å². The van der Waals surface area contributed by atoms with Gasteiger partial charge in [-0.15, -0.1) is 0 Å². The molecule has 0 atom stereocenters. The third kappa shape index (κ3) is 3.47. The van der Waals surface area contributed by atoms with Crippen LogP contribution in [0.3, 0.4) is 0 Å². The van der Waals surface area contributed by atoms with E-state index in [1.54, 1.807) is 44.1 Å². The Labute approximate surface area is 118 Å². The van der Waals surface area contributed by atoms with Crippen molar-refractivity contribution in [3.8, 4) is 11.5 Å². The molecule has 0 amide bonds. The third-order valence-corrected chi connectivity index (χ3v) is 2.62. The second kappa shape index (κ2) is 7.13. The van der Waals surface area contributed by atoms with Gasteiger partial charge >= 0.3 is 5.96 Å². The van der Waals surface area contributed by atoms with E-state index in [2.05, 4.69) is 22.1 Å². The van der Waals surface area contributed by atoms with Gasteiger partial charge in [0.15, 0.2) is 0 Å². The number of nitrogens with zero attached hydrogens (tertiary/aromatic N) is 3. The van der Waals surface area contributed by atoms with Crippen LogP contribution in [-0.2, 0) is 0 Å². The van der Waals surface area contributed by atoms with Crippen LogP contribution in [0.15, 0.2) is 35.1 Å². The van der Waals surface area contributed by atoms with Crippen LogP contribution in [0.4, 0.5) is 11.4 Å². The number of rotatable bonds is 4. The fraction of sp³-hybridized carbons (Fsp3) is 0.308. The van der Waals surface area contributed by atoms with Gasteiger partial charge in [-0.25, -0.2) is 4.58 Å². The second-order valence-electron chi connectivity index (χ2n) is 3.83. The van der Waals surface area contributed by atoms with E-state index < -0.39 is 0 Å². The Balaban J connectivity index is 3.22. The van der Waals surface area contributed by atoms with Crippen LogP contribution in [0.1, 0.15) is 0 Å². The molecule has 0 saturated heterocycles. The van der Waals surface area contributed by atoms with E-state index in [1.807, 2.05) is 0 Å². The summed E-state index contributed by atoms with van der Waals surface area (Å²) in [6.45, 7) is 3.66. The highest BCUT2D eigenvalue weighted by atomic mass is 16.5. The van der Waals surface area contributed by atoms with E-state index in [1.165, 1.54) is 7.11 Å². The normalized spacial score (nSPS) is 12.0. The smallest absolute Gasteiger partial charge is 0.414 e. The molecule has 7 heteroatoms. The number of anilines is 1. The van der Waals surface area contributed by atoms with Crippen LogP contribution in [0.5, 0.6) is 11.5 Å². The topological polar surface area (TPSA) is 84.2 Å². The van der Waals surface area contributed by atoms with Crippen molar-refractivity contribution in [3.05, 3.63) is 24.9 Å². The summed E-state index contributed by atoms with van der Waals surface area (Å²) in [6.07, 6.45) is 1.62. The first-order valence-electron chi connectivity index (χ1n) is 5.90. The average molecular weight is 278 g/mol. The van der Waals surface area contributed by atoms with Crippen molar-refractivity contribution in [1.82, 2.24) is 5.32 Å². The van der Waals surface area contributed by atoms with Crippen molar-refractivity contribution in [1.29, 1.82) is 0 Å². The van der Waals surface area contributed by atoms with Crippen LogP contribution in [0.2, 0.25) is 0 Å². The maximum absolute atomic E-state index is 5.81. The van der Waals surface area contributed by atoms with Crippen LogP contribution >= 0.6 is 0 Å². The van der Waals surface area contributed by atoms with Crippen LogP contribution in [0.25, 0.3) is 0 Å². The molecule has 108 valence electrons. The Morgan fingerprint density at radius 2 is 2.00 bits per heavy atom. The highest BCUT2D eigenvalue weighted by molar-refractivity contribution is 5.76. The van der Waals surface area contributed by atoms with E-state index >= 15 is 0 Å². The van der Waals surface area contributed by atoms with Crippen molar-refractivity contribution in [2.24, 2.45) is 10.2 Å². The molecule has 0 radical (unpaired) electrons. The molecule has 0 fully saturated rings. The van der Waals surface area contributed by atoms with Gasteiger partial charge < -0.3 is 15.2 Å². The lowest BCUT2D eigenvalue weighted by molar-refractivity contribution is -0.425. The number of methoxy groups -OCH3 is 2. The maximum atomic E-state index is 5.81. The van der Waals surface area contributed by atoms with Gasteiger partial charge in [-0.2, -0.15) is 0 Å². The fourth-order valence-corrected chi connectivity index (χ4v) is 1.47. The molecule has 7 nitrogen and oxygen atoms in total. The third-order valence-electron chi connectivity index (χ3n) is 2.62. The number of guanidine groups is 1. The molecule has 20 heavy (non-hydrogen) atoms. The molecule has 0 aromatic heterocycles. The number of nitrogens with two attached hydrogens (primary N) is 1. The van der Waals surface area contributed by atoms with E-state index in [4.69, 9.17) is 15.2 Å². The number of azo groups is 1. The highest BCUT2D eigenvalue weighted by Crippen LogP contribution is 2.36. The fourth-order valence-electron chi connectivity index (χ4n) is 1.47. The van der Waals surface area contributed by atoms with Gasteiger partial charge in [-0.3, -0.25) is 5.32 Å². The number of nitrogen functional groups attached to an aromatic ring is 1. The summed E-state index contributed by atoms with van der Waals surface area (Å²) in [6, 6.07) is 3.31. The molecular weight excluding hydrogens is 258 g/mol. The van der Waals surface area contributed by atoms with Crippen molar-refractivity contribution >= 4 is 17.3 Å². The molecule has 3 N–H and O–H groups in total. The molecule has 0 spiro atoms. The highest BCUT2D eigenvalue weighted by Gasteiger charge is 2.11. The van der Waals surface area contributed by atoms with Crippen molar-refractivity contribution in [2.45, 2.75) is 0 Å². The lowest BCUT2D eigenvalue weighted by Crippen LogP contribution is -2.24. The van der Waals surface area contributed by atoms with Gasteiger partial charge in [0, 0.05) is 17.2 Å². The summed E-state index contributed by atoms with van der Waals surface area (Å²) in [5.41, 5.74) is 6.81. The summed E-state index contributed by atoms with van der Waals surface area (Å²) in [5.74, 6) is 1.57. The van der Waals surface area contributed by atoms with E-state index in [0.29, 0.717) is 28.8 Å². The molecule has 0 saturated carbocycles. The number of hydrogen-bond acceptors (Lipinski definition) is 4. The Morgan fingerprint density at radius 3 is 2.50 bits per heavy atom. The zero-order chi connectivity index (χ0) is 15.1. The van der Waals surface area contributed by atoms with Gasteiger partial charge in [0.05, 0.1) is 40.2 Å². The lowest BCUT2D eigenvalue weighted by Gasteiger charge is -2.08. The maximum Gasteiger partial charge on any atom is 0.414 e. The molecule has 0 heterocycles.